The highest BCUT2D eigenvalue weighted by Gasteiger charge is 2.24. The molecule has 3 rings (SSSR count). The second-order valence-electron chi connectivity index (χ2n) is 7.10. The number of carboxylic acids is 1. The Balaban J connectivity index is 1.62. The van der Waals surface area contributed by atoms with Gasteiger partial charge in [-0.2, -0.15) is 0 Å². The highest BCUT2D eigenvalue weighted by atomic mass is 35.5. The van der Waals surface area contributed by atoms with E-state index in [4.69, 9.17) is 21.1 Å². The molecule has 33 heavy (non-hydrogen) atoms. The first-order valence-corrected chi connectivity index (χ1v) is 10.2. The lowest BCUT2D eigenvalue weighted by molar-refractivity contribution is -0.384. The zero-order chi connectivity index (χ0) is 24.0. The number of carbonyl (C=O) groups excluding carboxylic acids is 2. The fraction of sp³-hybridized carbons (Fsp3) is 0.286. The molecule has 1 fully saturated rings. The predicted octanol–water partition coefficient (Wildman–Crippen LogP) is 2.50. The molecule has 0 spiro atoms. The summed E-state index contributed by atoms with van der Waals surface area (Å²) in [7, 11) is 0. The second-order valence-corrected chi connectivity index (χ2v) is 7.51. The molecule has 174 valence electrons. The molecule has 0 saturated carbocycles. The summed E-state index contributed by atoms with van der Waals surface area (Å²) < 4.78 is 10.5. The van der Waals surface area contributed by atoms with Crippen LogP contribution in [0, 0.1) is 10.1 Å². The number of ether oxygens (including phenoxy) is 2. The van der Waals surface area contributed by atoms with Gasteiger partial charge in [-0.05, 0) is 23.8 Å². The molecule has 2 amide bonds. The van der Waals surface area contributed by atoms with Crippen molar-refractivity contribution in [2.45, 2.75) is 12.5 Å². The van der Waals surface area contributed by atoms with Crippen LogP contribution in [0.5, 0.6) is 5.75 Å². The van der Waals surface area contributed by atoms with E-state index < -0.39 is 28.9 Å². The largest absolute Gasteiger partial charge is 0.480 e. The van der Waals surface area contributed by atoms with Crippen LogP contribution in [0.1, 0.15) is 15.9 Å². The van der Waals surface area contributed by atoms with Crippen LogP contribution >= 0.6 is 11.6 Å². The average molecular weight is 478 g/mol. The number of non-ortho nitro benzene ring substituents is 1. The number of carbonyl (C=O) groups is 3. The van der Waals surface area contributed by atoms with Gasteiger partial charge in [0.25, 0.3) is 11.6 Å². The summed E-state index contributed by atoms with van der Waals surface area (Å²) in [5.41, 5.74) is 0.198. The number of morpholine rings is 1. The third-order valence-electron chi connectivity index (χ3n) is 4.85. The van der Waals surface area contributed by atoms with Crippen molar-refractivity contribution < 1.29 is 33.9 Å². The van der Waals surface area contributed by atoms with E-state index in [-0.39, 0.29) is 22.7 Å². The molecule has 0 aliphatic carbocycles. The first-order valence-electron chi connectivity index (χ1n) is 9.85. The quantitative estimate of drug-likeness (QED) is 0.456. The minimum Gasteiger partial charge on any atom is -0.480 e. The van der Waals surface area contributed by atoms with E-state index in [1.54, 1.807) is 12.1 Å². The van der Waals surface area contributed by atoms with Crippen LogP contribution in [0.4, 0.5) is 10.5 Å². The maximum Gasteiger partial charge on any atom is 0.415 e. The Morgan fingerprint density at radius 3 is 2.42 bits per heavy atom. The maximum absolute atomic E-state index is 12.5. The third kappa shape index (κ3) is 6.40. The van der Waals surface area contributed by atoms with E-state index in [1.165, 1.54) is 17.0 Å². The monoisotopic (exact) mass is 477 g/mol. The van der Waals surface area contributed by atoms with Gasteiger partial charge < -0.3 is 24.8 Å². The Labute approximate surface area is 193 Å². The van der Waals surface area contributed by atoms with E-state index in [0.717, 1.165) is 18.2 Å². The van der Waals surface area contributed by atoms with E-state index in [2.05, 4.69) is 5.32 Å². The number of halogens is 1. The molecule has 1 aliphatic heterocycles. The number of rotatable bonds is 7. The lowest BCUT2D eigenvalue weighted by Crippen LogP contribution is -2.42. The van der Waals surface area contributed by atoms with Crippen LogP contribution < -0.4 is 10.1 Å². The third-order valence-corrected chi connectivity index (χ3v) is 5.16. The van der Waals surface area contributed by atoms with Crippen molar-refractivity contribution in [1.29, 1.82) is 0 Å². The van der Waals surface area contributed by atoms with Gasteiger partial charge in [0.1, 0.15) is 11.8 Å². The molecule has 1 saturated heterocycles. The van der Waals surface area contributed by atoms with Gasteiger partial charge in [0, 0.05) is 31.6 Å². The summed E-state index contributed by atoms with van der Waals surface area (Å²) >= 11 is 5.94. The molecule has 0 unspecified atom stereocenters. The summed E-state index contributed by atoms with van der Waals surface area (Å²) in [6.45, 7) is 1.77. The minimum absolute atomic E-state index is 0.0522. The van der Waals surface area contributed by atoms with Gasteiger partial charge >= 0.3 is 12.1 Å². The predicted molar refractivity (Wildman–Crippen MR) is 116 cm³/mol. The Morgan fingerprint density at radius 1 is 1.18 bits per heavy atom. The number of carboxylic acid groups (broad SMARTS) is 1. The van der Waals surface area contributed by atoms with Gasteiger partial charge in [0.05, 0.1) is 28.7 Å². The molecule has 1 atom stereocenters. The Morgan fingerprint density at radius 2 is 1.85 bits per heavy atom. The fourth-order valence-corrected chi connectivity index (χ4v) is 3.34. The number of amides is 2. The number of nitrogens with zero attached hydrogens (tertiary/aromatic N) is 2. The van der Waals surface area contributed by atoms with Crippen molar-refractivity contribution in [3.05, 3.63) is 68.7 Å². The molecule has 0 aromatic heterocycles. The Hall–Kier alpha value is -3.70. The number of aliphatic carboxylic acids is 1. The smallest absolute Gasteiger partial charge is 0.415 e. The van der Waals surface area contributed by atoms with Crippen molar-refractivity contribution in [2.75, 3.05) is 26.3 Å². The zero-order valence-corrected chi connectivity index (χ0v) is 18.0. The standard InChI is InChI=1S/C21H20ClN3O8/c22-17-12-14(25(30)31)3-6-16(17)19(26)23-18(20(27)28)11-13-1-4-15(5-2-13)33-21(29)24-7-9-32-10-8-24/h1-6,12,18H,7-11H2,(H,23,26)(H,27,28)/t18-/m0/s1. The summed E-state index contributed by atoms with van der Waals surface area (Å²) in [6.07, 6.45) is -0.551. The SMILES string of the molecule is O=C(N[C@@H](Cc1ccc(OC(=O)N2CCOCC2)cc1)C(=O)O)c1ccc([N+](=O)[O-])cc1Cl. The Bertz CT molecular complexity index is 1050. The molecule has 2 N–H and O–H groups in total. The molecule has 1 heterocycles. The van der Waals surface area contributed by atoms with Gasteiger partial charge in [-0.25, -0.2) is 9.59 Å². The molecular weight excluding hydrogens is 458 g/mol. The summed E-state index contributed by atoms with van der Waals surface area (Å²) in [5, 5.41) is 22.5. The van der Waals surface area contributed by atoms with Gasteiger partial charge in [0.2, 0.25) is 0 Å². The average Bonchev–Trinajstić information content (AvgIpc) is 2.80. The lowest BCUT2D eigenvalue weighted by atomic mass is 10.1. The van der Waals surface area contributed by atoms with Crippen molar-refractivity contribution in [1.82, 2.24) is 10.2 Å². The first kappa shape index (κ1) is 24.0. The normalized spacial score (nSPS) is 14.3. The highest BCUT2D eigenvalue weighted by Crippen LogP contribution is 2.23. The van der Waals surface area contributed by atoms with Crippen LogP contribution in [-0.4, -0.2) is 65.2 Å². The zero-order valence-electron chi connectivity index (χ0n) is 17.2. The van der Waals surface area contributed by atoms with E-state index in [0.29, 0.717) is 37.6 Å². The molecule has 0 bridgehead atoms. The number of hydrogen-bond donors (Lipinski definition) is 2. The van der Waals surface area contributed by atoms with E-state index in [1.807, 2.05) is 0 Å². The summed E-state index contributed by atoms with van der Waals surface area (Å²) in [5.74, 6) is -1.76. The van der Waals surface area contributed by atoms with Crippen molar-refractivity contribution >= 4 is 35.3 Å². The van der Waals surface area contributed by atoms with Gasteiger partial charge in [-0.3, -0.25) is 14.9 Å². The molecule has 12 heteroatoms. The molecule has 11 nitrogen and oxygen atoms in total. The number of hydrogen-bond acceptors (Lipinski definition) is 7. The second kappa shape index (κ2) is 10.7. The number of nitro groups is 1. The van der Waals surface area contributed by atoms with Crippen LogP contribution in [0.15, 0.2) is 42.5 Å². The van der Waals surface area contributed by atoms with Gasteiger partial charge in [-0.15, -0.1) is 0 Å². The highest BCUT2D eigenvalue weighted by molar-refractivity contribution is 6.34. The fourth-order valence-electron chi connectivity index (χ4n) is 3.08. The van der Waals surface area contributed by atoms with Crippen LogP contribution in [0.2, 0.25) is 5.02 Å². The molecule has 1 aliphatic rings. The van der Waals surface area contributed by atoms with Crippen LogP contribution in [0.3, 0.4) is 0 Å². The molecule has 0 radical (unpaired) electrons. The molecule has 2 aromatic rings. The number of benzene rings is 2. The van der Waals surface area contributed by atoms with E-state index >= 15 is 0 Å². The van der Waals surface area contributed by atoms with E-state index in [9.17, 15) is 29.6 Å². The van der Waals surface area contributed by atoms with Crippen molar-refractivity contribution in [2.24, 2.45) is 0 Å². The molecule has 2 aromatic carbocycles. The maximum atomic E-state index is 12.5. The number of nitrogens with one attached hydrogen (secondary N) is 1. The lowest BCUT2D eigenvalue weighted by Gasteiger charge is -2.25. The summed E-state index contributed by atoms with van der Waals surface area (Å²) in [4.78, 5) is 47.9. The van der Waals surface area contributed by atoms with Gasteiger partial charge in [0.15, 0.2) is 0 Å². The number of nitro benzene ring substituents is 1. The van der Waals surface area contributed by atoms with Crippen molar-refractivity contribution in [3.8, 4) is 5.75 Å². The minimum atomic E-state index is -1.29. The first-order chi connectivity index (χ1) is 15.7. The summed E-state index contributed by atoms with van der Waals surface area (Å²) in [6, 6.07) is 8.23. The van der Waals surface area contributed by atoms with Crippen LogP contribution in [-0.2, 0) is 16.0 Å². The molecular formula is C21H20ClN3O8. The van der Waals surface area contributed by atoms with Gasteiger partial charge in [-0.1, -0.05) is 23.7 Å². The van der Waals surface area contributed by atoms with Crippen molar-refractivity contribution in [3.63, 3.8) is 0 Å². The Kier molecular flexibility index (Phi) is 7.80. The van der Waals surface area contributed by atoms with Crippen LogP contribution in [0.25, 0.3) is 0 Å². The topological polar surface area (TPSA) is 148 Å².